The van der Waals surface area contributed by atoms with Gasteiger partial charge in [0.25, 0.3) is 0 Å². The summed E-state index contributed by atoms with van der Waals surface area (Å²) < 4.78 is 5.68. The number of ether oxygens (including phenoxy) is 1. The zero-order chi connectivity index (χ0) is 14.4. The molecule has 0 spiro atoms. The molecule has 1 unspecified atom stereocenters. The molecule has 2 nitrogen and oxygen atoms in total. The fourth-order valence-electron chi connectivity index (χ4n) is 1.54. The molecule has 3 heteroatoms. The fraction of sp³-hybridized carbons (Fsp3) is 0.176. The van der Waals surface area contributed by atoms with Gasteiger partial charge in [-0.15, -0.1) is 0 Å². The molecule has 0 saturated heterocycles. The van der Waals surface area contributed by atoms with Gasteiger partial charge in [-0.25, -0.2) is 0 Å². The topological polar surface area (TPSA) is 29.5 Å². The predicted molar refractivity (Wildman–Crippen MR) is 81.1 cm³/mol. The van der Waals surface area contributed by atoms with Crippen LogP contribution < -0.4 is 4.74 Å². The lowest BCUT2D eigenvalue weighted by molar-refractivity contribution is 0.228. The Morgan fingerprint density at radius 3 is 2.55 bits per heavy atom. The molecule has 0 aliphatic heterocycles. The maximum atomic E-state index is 9.38. The van der Waals surface area contributed by atoms with E-state index in [4.69, 9.17) is 16.3 Å². The molecule has 102 valence electrons. The lowest BCUT2D eigenvalue weighted by Gasteiger charge is -2.05. The van der Waals surface area contributed by atoms with Crippen LogP contribution >= 0.6 is 11.6 Å². The van der Waals surface area contributed by atoms with Gasteiger partial charge in [0.05, 0.1) is 0 Å². The highest BCUT2D eigenvalue weighted by Gasteiger charge is 1.98. The van der Waals surface area contributed by atoms with E-state index in [1.165, 1.54) is 0 Å². The number of benzene rings is 2. The number of hydrogen-bond acceptors (Lipinski definition) is 2. The summed E-state index contributed by atoms with van der Waals surface area (Å²) >= 11 is 5.90. The van der Waals surface area contributed by atoms with Gasteiger partial charge in [-0.2, -0.15) is 0 Å². The summed E-state index contributed by atoms with van der Waals surface area (Å²) in [5, 5.41) is 10.0. The van der Waals surface area contributed by atoms with Crippen LogP contribution in [-0.4, -0.2) is 11.2 Å². The van der Waals surface area contributed by atoms with Gasteiger partial charge >= 0.3 is 0 Å². The van der Waals surface area contributed by atoms with Gasteiger partial charge in [0, 0.05) is 10.6 Å². The summed E-state index contributed by atoms with van der Waals surface area (Å²) in [7, 11) is 0. The van der Waals surface area contributed by atoms with Gasteiger partial charge in [0.15, 0.2) is 0 Å². The van der Waals surface area contributed by atoms with Gasteiger partial charge in [0.2, 0.25) is 0 Å². The second-order valence-corrected chi connectivity index (χ2v) is 4.71. The molecule has 0 fully saturated rings. The van der Waals surface area contributed by atoms with Gasteiger partial charge in [-0.3, -0.25) is 0 Å². The Morgan fingerprint density at radius 1 is 1.15 bits per heavy atom. The third kappa shape index (κ3) is 4.31. The SMILES string of the molecule is CCC(O)C#Cc1ccc(Oc2cccc(Cl)c2)cc1. The first kappa shape index (κ1) is 14.5. The highest BCUT2D eigenvalue weighted by atomic mass is 35.5. The van der Waals surface area contributed by atoms with Gasteiger partial charge in [0.1, 0.15) is 17.6 Å². The first-order chi connectivity index (χ1) is 9.67. The standard InChI is InChI=1S/C17H15ClO2/c1-2-15(19)9-6-13-7-10-16(11-8-13)20-17-5-3-4-14(18)12-17/h3-5,7-8,10-12,15,19H,2H2,1H3. The van der Waals surface area contributed by atoms with Crippen LogP contribution in [0.15, 0.2) is 48.5 Å². The van der Waals surface area contributed by atoms with E-state index in [1.807, 2.05) is 43.3 Å². The van der Waals surface area contributed by atoms with Crippen molar-refractivity contribution in [3.05, 3.63) is 59.1 Å². The molecule has 0 bridgehead atoms. The lowest BCUT2D eigenvalue weighted by atomic mass is 10.2. The van der Waals surface area contributed by atoms with E-state index in [1.54, 1.807) is 12.1 Å². The molecule has 0 radical (unpaired) electrons. The van der Waals surface area contributed by atoms with Crippen LogP contribution in [0, 0.1) is 11.8 Å². The van der Waals surface area contributed by atoms with E-state index in [9.17, 15) is 5.11 Å². The Labute approximate surface area is 124 Å². The first-order valence-corrected chi connectivity index (χ1v) is 6.78. The minimum atomic E-state index is -0.572. The molecule has 0 aliphatic carbocycles. The molecule has 20 heavy (non-hydrogen) atoms. The van der Waals surface area contributed by atoms with Crippen molar-refractivity contribution in [3.8, 4) is 23.3 Å². The van der Waals surface area contributed by atoms with Gasteiger partial charge in [-0.05, 0) is 48.9 Å². The third-order valence-electron chi connectivity index (χ3n) is 2.66. The quantitative estimate of drug-likeness (QED) is 0.855. The minimum Gasteiger partial charge on any atom is -0.457 e. The summed E-state index contributed by atoms with van der Waals surface area (Å²) in [5.41, 5.74) is 0.843. The predicted octanol–water partition coefficient (Wildman–Crippen LogP) is 4.25. The van der Waals surface area contributed by atoms with Crippen LogP contribution in [0.4, 0.5) is 0 Å². The van der Waals surface area contributed by atoms with E-state index in [0.717, 1.165) is 5.56 Å². The molecule has 2 rings (SSSR count). The zero-order valence-corrected chi connectivity index (χ0v) is 11.9. The molecule has 1 atom stereocenters. The van der Waals surface area contributed by atoms with E-state index in [2.05, 4.69) is 11.8 Å². The van der Waals surface area contributed by atoms with E-state index in [-0.39, 0.29) is 0 Å². The normalized spacial score (nSPS) is 11.3. The van der Waals surface area contributed by atoms with Crippen LogP contribution in [0.3, 0.4) is 0 Å². The molecule has 0 aliphatic rings. The Kier molecular flexibility index (Phi) is 5.06. The van der Waals surface area contributed by atoms with Crippen molar-refractivity contribution in [1.29, 1.82) is 0 Å². The summed E-state index contributed by atoms with van der Waals surface area (Å²) in [4.78, 5) is 0. The van der Waals surface area contributed by atoms with Crippen LogP contribution in [0.2, 0.25) is 5.02 Å². The van der Waals surface area contributed by atoms with Crippen molar-refractivity contribution in [1.82, 2.24) is 0 Å². The second kappa shape index (κ2) is 7.00. The number of hydrogen-bond donors (Lipinski definition) is 1. The smallest absolute Gasteiger partial charge is 0.128 e. The van der Waals surface area contributed by atoms with Crippen molar-refractivity contribution in [2.75, 3.05) is 0 Å². The van der Waals surface area contributed by atoms with E-state index >= 15 is 0 Å². The summed E-state index contributed by atoms with van der Waals surface area (Å²) in [6.45, 7) is 1.89. The van der Waals surface area contributed by atoms with Crippen molar-refractivity contribution in [2.24, 2.45) is 0 Å². The molecule has 1 N–H and O–H groups in total. The lowest BCUT2D eigenvalue weighted by Crippen LogP contribution is -1.98. The largest absolute Gasteiger partial charge is 0.457 e. The summed E-state index contributed by atoms with van der Waals surface area (Å²) in [5.74, 6) is 7.10. The van der Waals surface area contributed by atoms with Crippen LogP contribution in [0.5, 0.6) is 11.5 Å². The van der Waals surface area contributed by atoms with Crippen molar-refractivity contribution in [3.63, 3.8) is 0 Å². The number of rotatable bonds is 3. The highest BCUT2D eigenvalue weighted by molar-refractivity contribution is 6.30. The average molecular weight is 287 g/mol. The molecule has 0 saturated carbocycles. The van der Waals surface area contributed by atoms with Gasteiger partial charge < -0.3 is 9.84 Å². The highest BCUT2D eigenvalue weighted by Crippen LogP contribution is 2.24. The Balaban J connectivity index is 2.06. The van der Waals surface area contributed by atoms with Crippen molar-refractivity contribution < 1.29 is 9.84 Å². The average Bonchev–Trinajstić information content (AvgIpc) is 2.46. The van der Waals surface area contributed by atoms with Crippen molar-refractivity contribution in [2.45, 2.75) is 19.4 Å². The Bertz CT molecular complexity index is 623. The monoisotopic (exact) mass is 286 g/mol. The molecule has 2 aromatic rings. The molecular formula is C17H15ClO2. The minimum absolute atomic E-state index is 0.572. The maximum absolute atomic E-state index is 9.38. The van der Waals surface area contributed by atoms with E-state index in [0.29, 0.717) is 22.9 Å². The number of halogens is 1. The third-order valence-corrected chi connectivity index (χ3v) is 2.89. The van der Waals surface area contributed by atoms with Gasteiger partial charge in [-0.1, -0.05) is 36.4 Å². The first-order valence-electron chi connectivity index (χ1n) is 6.40. The van der Waals surface area contributed by atoms with Crippen LogP contribution in [0.25, 0.3) is 0 Å². The summed E-state index contributed by atoms with van der Waals surface area (Å²) in [6.07, 6.45) is 0.0561. The Hall–Kier alpha value is -1.95. The van der Waals surface area contributed by atoms with Crippen molar-refractivity contribution >= 4 is 11.6 Å². The maximum Gasteiger partial charge on any atom is 0.128 e. The molecule has 2 aromatic carbocycles. The fourth-order valence-corrected chi connectivity index (χ4v) is 1.72. The zero-order valence-electron chi connectivity index (χ0n) is 11.1. The molecular weight excluding hydrogens is 272 g/mol. The second-order valence-electron chi connectivity index (χ2n) is 4.28. The van der Waals surface area contributed by atoms with E-state index < -0.39 is 6.10 Å². The summed E-state index contributed by atoms with van der Waals surface area (Å²) in [6, 6.07) is 14.6. The number of aliphatic hydroxyl groups excluding tert-OH is 1. The molecule has 0 amide bonds. The number of aliphatic hydroxyl groups is 1. The Morgan fingerprint density at radius 2 is 1.90 bits per heavy atom. The molecule has 0 heterocycles. The van der Waals surface area contributed by atoms with Crippen LogP contribution in [-0.2, 0) is 0 Å². The molecule has 0 aromatic heterocycles. The van der Waals surface area contributed by atoms with Crippen LogP contribution in [0.1, 0.15) is 18.9 Å².